The van der Waals surface area contributed by atoms with Gasteiger partial charge in [0, 0.05) is 18.5 Å². The Balaban J connectivity index is 1.46. The largest absolute Gasteiger partial charge is 0.493 e. The lowest BCUT2D eigenvalue weighted by Crippen LogP contribution is -2.50. The van der Waals surface area contributed by atoms with Gasteiger partial charge in [-0.15, -0.1) is 0 Å². The molecule has 5 rings (SSSR count). The summed E-state index contributed by atoms with van der Waals surface area (Å²) >= 11 is 0. The van der Waals surface area contributed by atoms with Gasteiger partial charge in [0.1, 0.15) is 12.6 Å². The second kappa shape index (κ2) is 11.7. The van der Waals surface area contributed by atoms with Crippen LogP contribution in [-0.2, 0) is 33.9 Å². The minimum Gasteiger partial charge on any atom is -0.493 e. The Hall–Kier alpha value is -3.84. The molecule has 0 radical (unpaired) electrons. The number of carboxylic acids is 1. The van der Waals surface area contributed by atoms with Crippen LogP contribution in [0, 0.1) is 0 Å². The Morgan fingerprint density at radius 1 is 0.974 bits per heavy atom. The third-order valence-corrected chi connectivity index (χ3v) is 7.41. The number of fused-ring (bicyclic) bond motifs is 1. The van der Waals surface area contributed by atoms with Crippen LogP contribution in [0.1, 0.15) is 54.0 Å². The zero-order valence-corrected chi connectivity index (χ0v) is 21.5. The molecule has 1 aliphatic carbocycles. The van der Waals surface area contributed by atoms with Crippen LogP contribution < -0.4 is 9.47 Å². The molecule has 0 bridgehead atoms. The van der Waals surface area contributed by atoms with Gasteiger partial charge in [-0.2, -0.15) is 0 Å². The van der Waals surface area contributed by atoms with Crippen LogP contribution in [0.15, 0.2) is 72.8 Å². The van der Waals surface area contributed by atoms with Gasteiger partial charge in [0.25, 0.3) is 5.91 Å². The van der Waals surface area contributed by atoms with Crippen LogP contribution in [-0.4, -0.2) is 41.1 Å². The number of carboxylic acid groups (broad SMARTS) is 1. The van der Waals surface area contributed by atoms with Crippen molar-refractivity contribution in [2.45, 2.75) is 63.5 Å². The van der Waals surface area contributed by atoms with Crippen molar-refractivity contribution in [1.82, 2.24) is 4.90 Å². The maximum Gasteiger partial charge on any atom is 0.326 e. The molecule has 0 aromatic heterocycles. The summed E-state index contributed by atoms with van der Waals surface area (Å²) in [4.78, 5) is 28.0. The van der Waals surface area contributed by atoms with Crippen molar-refractivity contribution in [2.75, 3.05) is 7.11 Å². The Kier molecular flexibility index (Phi) is 7.94. The van der Waals surface area contributed by atoms with Crippen LogP contribution in [0.25, 0.3) is 0 Å². The lowest BCUT2D eigenvalue weighted by Gasteiger charge is -2.37. The van der Waals surface area contributed by atoms with Crippen molar-refractivity contribution in [2.24, 2.45) is 0 Å². The smallest absolute Gasteiger partial charge is 0.326 e. The van der Waals surface area contributed by atoms with E-state index in [2.05, 4.69) is 0 Å². The van der Waals surface area contributed by atoms with Gasteiger partial charge in [-0.05, 0) is 35.6 Å². The van der Waals surface area contributed by atoms with Crippen molar-refractivity contribution in [3.8, 4) is 11.5 Å². The van der Waals surface area contributed by atoms with E-state index >= 15 is 0 Å². The molecular formula is C31H33NO6. The summed E-state index contributed by atoms with van der Waals surface area (Å²) in [7, 11) is 1.56. The number of aliphatic carboxylic acids is 1. The summed E-state index contributed by atoms with van der Waals surface area (Å²) in [6.07, 6.45) is 3.21. The van der Waals surface area contributed by atoms with Crippen LogP contribution >= 0.6 is 0 Å². The highest BCUT2D eigenvalue weighted by Crippen LogP contribution is 2.40. The van der Waals surface area contributed by atoms with Gasteiger partial charge >= 0.3 is 5.97 Å². The van der Waals surface area contributed by atoms with Crippen molar-refractivity contribution >= 4 is 11.9 Å². The van der Waals surface area contributed by atoms with Gasteiger partial charge in [0.2, 0.25) is 0 Å². The summed E-state index contributed by atoms with van der Waals surface area (Å²) in [5.74, 6) is -0.332. The first-order valence-electron chi connectivity index (χ1n) is 13.1. The highest BCUT2D eigenvalue weighted by molar-refractivity contribution is 5.88. The number of hydrogen-bond donors (Lipinski definition) is 1. The zero-order chi connectivity index (χ0) is 26.5. The van der Waals surface area contributed by atoms with Crippen LogP contribution in [0.2, 0.25) is 0 Å². The predicted octanol–water partition coefficient (Wildman–Crippen LogP) is 5.31. The Labute approximate surface area is 222 Å². The van der Waals surface area contributed by atoms with Gasteiger partial charge < -0.3 is 24.2 Å². The molecule has 198 valence electrons. The average molecular weight is 516 g/mol. The second-order valence-corrected chi connectivity index (χ2v) is 9.87. The minimum atomic E-state index is -1.06. The van der Waals surface area contributed by atoms with Crippen molar-refractivity contribution < 1.29 is 28.9 Å². The molecular weight excluding hydrogens is 482 g/mol. The van der Waals surface area contributed by atoms with Crippen molar-refractivity contribution in [3.63, 3.8) is 0 Å². The molecule has 7 heteroatoms. The van der Waals surface area contributed by atoms with Crippen LogP contribution in [0.4, 0.5) is 0 Å². The maximum atomic E-state index is 14.0. The predicted molar refractivity (Wildman–Crippen MR) is 142 cm³/mol. The Bertz CT molecular complexity index is 1260. The molecule has 1 saturated carbocycles. The highest BCUT2D eigenvalue weighted by atomic mass is 16.5. The number of hydrogen-bond acceptors (Lipinski definition) is 5. The zero-order valence-electron chi connectivity index (χ0n) is 21.5. The molecule has 0 spiro atoms. The summed E-state index contributed by atoms with van der Waals surface area (Å²) in [6, 6.07) is 21.8. The number of methoxy groups -OCH3 is 1. The fourth-order valence-electron chi connectivity index (χ4n) is 5.39. The van der Waals surface area contributed by atoms with Gasteiger partial charge in [0.15, 0.2) is 17.6 Å². The maximum absolute atomic E-state index is 14.0. The minimum absolute atomic E-state index is 0.00763. The standard InChI is InChI=1S/C31H33NO6/c1-36-27-17-16-23-19-32(30(33)28(22-12-6-3-7-13-22)38-24-14-8-9-15-24)26(31(34)35)18-25(23)29(27)37-20-21-10-4-2-5-11-21/h2-7,10-13,16-17,24,26,28H,8-9,14-15,18-20H2,1H3,(H,34,35)/t26-,28+/m1/s1. The van der Waals surface area contributed by atoms with Crippen LogP contribution in [0.3, 0.4) is 0 Å². The first-order valence-corrected chi connectivity index (χ1v) is 13.1. The SMILES string of the molecule is COc1ccc2c(c1OCc1ccccc1)C[C@H](C(=O)O)N(C(=O)[C@@H](OC1CCCC1)c1ccccc1)C2. The second-order valence-electron chi connectivity index (χ2n) is 9.87. The molecule has 1 heterocycles. The van der Waals surface area contributed by atoms with E-state index in [4.69, 9.17) is 14.2 Å². The normalized spacial score (nSPS) is 18.0. The summed E-state index contributed by atoms with van der Waals surface area (Å²) in [5, 5.41) is 10.2. The number of carbonyl (C=O) groups excluding carboxylic acids is 1. The van der Waals surface area contributed by atoms with E-state index < -0.39 is 18.1 Å². The molecule has 1 aliphatic heterocycles. The van der Waals surface area contributed by atoms with Gasteiger partial charge in [-0.25, -0.2) is 4.79 Å². The van der Waals surface area contributed by atoms with Crippen molar-refractivity contribution in [3.05, 3.63) is 95.1 Å². The van der Waals surface area contributed by atoms with Crippen molar-refractivity contribution in [1.29, 1.82) is 0 Å². The third-order valence-electron chi connectivity index (χ3n) is 7.41. The summed E-state index contributed by atoms with van der Waals surface area (Å²) in [6.45, 7) is 0.466. The molecule has 2 atom stereocenters. The molecule has 3 aromatic carbocycles. The van der Waals surface area contributed by atoms with E-state index in [1.54, 1.807) is 7.11 Å². The monoisotopic (exact) mass is 515 g/mol. The lowest BCUT2D eigenvalue weighted by atomic mass is 9.91. The lowest BCUT2D eigenvalue weighted by molar-refractivity contribution is -0.160. The Morgan fingerprint density at radius 3 is 2.32 bits per heavy atom. The molecule has 1 N–H and O–H groups in total. The highest BCUT2D eigenvalue weighted by Gasteiger charge is 2.41. The van der Waals surface area contributed by atoms with E-state index in [0.29, 0.717) is 18.1 Å². The number of carbonyl (C=O) groups is 2. The fraction of sp³-hybridized carbons (Fsp3) is 0.355. The molecule has 0 saturated heterocycles. The first kappa shape index (κ1) is 25.8. The number of ether oxygens (including phenoxy) is 3. The van der Waals surface area contributed by atoms with E-state index in [-0.39, 0.29) is 25.0 Å². The number of nitrogens with zero attached hydrogens (tertiary/aromatic N) is 1. The topological polar surface area (TPSA) is 85.3 Å². The first-order chi connectivity index (χ1) is 18.5. The van der Waals surface area contributed by atoms with Gasteiger partial charge in [-0.3, -0.25) is 4.79 Å². The fourth-order valence-corrected chi connectivity index (χ4v) is 5.39. The van der Waals surface area contributed by atoms with Gasteiger partial charge in [0.05, 0.1) is 13.2 Å². The Morgan fingerprint density at radius 2 is 1.66 bits per heavy atom. The number of benzene rings is 3. The van der Waals surface area contributed by atoms with Crippen LogP contribution in [0.5, 0.6) is 11.5 Å². The van der Waals surface area contributed by atoms with E-state index in [0.717, 1.165) is 47.9 Å². The number of rotatable bonds is 9. The molecule has 1 fully saturated rings. The molecule has 2 aliphatic rings. The molecule has 0 unspecified atom stereocenters. The summed E-state index contributed by atoms with van der Waals surface area (Å²) in [5.41, 5.74) is 3.32. The van der Waals surface area contributed by atoms with E-state index in [9.17, 15) is 14.7 Å². The molecule has 1 amide bonds. The third kappa shape index (κ3) is 5.53. The quantitative estimate of drug-likeness (QED) is 0.416. The number of amides is 1. The summed E-state index contributed by atoms with van der Waals surface area (Å²) < 4.78 is 18.1. The molecule has 7 nitrogen and oxygen atoms in total. The molecule has 3 aromatic rings. The van der Waals surface area contributed by atoms with E-state index in [1.165, 1.54) is 4.90 Å². The average Bonchev–Trinajstić information content (AvgIpc) is 3.48. The van der Waals surface area contributed by atoms with Gasteiger partial charge in [-0.1, -0.05) is 79.6 Å². The van der Waals surface area contributed by atoms with E-state index in [1.807, 2.05) is 72.8 Å². The molecule has 38 heavy (non-hydrogen) atoms.